The van der Waals surface area contributed by atoms with E-state index in [0.717, 1.165) is 18.2 Å². The van der Waals surface area contributed by atoms with Crippen LogP contribution in [0.1, 0.15) is 90.3 Å². The van der Waals surface area contributed by atoms with Gasteiger partial charge in [-0.25, -0.2) is 0 Å². The van der Waals surface area contributed by atoms with Gasteiger partial charge in [0.25, 0.3) is 0 Å². The van der Waals surface area contributed by atoms with Crippen LogP contribution in [0.15, 0.2) is 4.52 Å². The quantitative estimate of drug-likeness (QED) is 0.902. The van der Waals surface area contributed by atoms with Gasteiger partial charge >= 0.3 is 0 Å². The van der Waals surface area contributed by atoms with Crippen molar-refractivity contribution in [1.82, 2.24) is 10.1 Å². The molecule has 1 aliphatic carbocycles. The fourth-order valence-electron chi connectivity index (χ4n) is 3.35. The van der Waals surface area contributed by atoms with Gasteiger partial charge in [0.1, 0.15) is 0 Å². The fraction of sp³-hybridized carbons (Fsp3) is 0.882. The van der Waals surface area contributed by atoms with Crippen molar-refractivity contribution >= 4 is 0 Å². The Hall–Kier alpha value is -0.900. The normalized spacial score (nSPS) is 26.6. The zero-order valence-corrected chi connectivity index (χ0v) is 14.2. The molecule has 2 rings (SSSR count). The number of rotatable bonds is 4. The molecule has 1 aliphatic rings. The molecule has 0 radical (unpaired) electrons. The van der Waals surface area contributed by atoms with Crippen molar-refractivity contribution in [1.29, 1.82) is 0 Å². The Morgan fingerprint density at radius 1 is 1.24 bits per heavy atom. The summed E-state index contributed by atoms with van der Waals surface area (Å²) in [5, 5.41) is 4.22. The lowest BCUT2D eigenvalue weighted by Gasteiger charge is -2.36. The maximum absolute atomic E-state index is 6.07. The Bertz CT molecular complexity index is 441. The average Bonchev–Trinajstić information content (AvgIpc) is 2.94. The molecule has 120 valence electrons. The van der Waals surface area contributed by atoms with Gasteiger partial charge in [0.15, 0.2) is 5.82 Å². The molecule has 2 N–H and O–H groups in total. The molecule has 1 fully saturated rings. The van der Waals surface area contributed by atoms with Crippen LogP contribution in [0, 0.1) is 11.3 Å². The first-order chi connectivity index (χ1) is 9.82. The van der Waals surface area contributed by atoms with Crippen molar-refractivity contribution < 1.29 is 4.52 Å². The van der Waals surface area contributed by atoms with Crippen LogP contribution in [0.3, 0.4) is 0 Å². The third-order valence-corrected chi connectivity index (χ3v) is 5.28. The van der Waals surface area contributed by atoms with Crippen LogP contribution < -0.4 is 5.73 Å². The summed E-state index contributed by atoms with van der Waals surface area (Å²) in [7, 11) is 0. The summed E-state index contributed by atoms with van der Waals surface area (Å²) in [5.74, 6) is 3.02. The van der Waals surface area contributed by atoms with Crippen LogP contribution in [-0.4, -0.2) is 16.2 Å². The first-order valence-electron chi connectivity index (χ1n) is 8.42. The van der Waals surface area contributed by atoms with Crippen molar-refractivity contribution in [3.8, 4) is 0 Å². The highest BCUT2D eigenvalue weighted by Crippen LogP contribution is 2.42. The lowest BCUT2D eigenvalue weighted by molar-refractivity contribution is 0.166. The Balaban J connectivity index is 1.97. The minimum absolute atomic E-state index is 0.0925. The Kier molecular flexibility index (Phi) is 5.07. The van der Waals surface area contributed by atoms with Gasteiger partial charge in [-0.2, -0.15) is 4.98 Å². The van der Waals surface area contributed by atoms with Gasteiger partial charge in [-0.15, -0.1) is 0 Å². The van der Waals surface area contributed by atoms with E-state index in [4.69, 9.17) is 10.3 Å². The van der Waals surface area contributed by atoms with Crippen molar-refractivity contribution in [3.05, 3.63) is 11.7 Å². The summed E-state index contributed by atoms with van der Waals surface area (Å²) in [4.78, 5) is 4.63. The maximum Gasteiger partial charge on any atom is 0.231 e. The van der Waals surface area contributed by atoms with Gasteiger partial charge in [-0.3, -0.25) is 0 Å². The van der Waals surface area contributed by atoms with Gasteiger partial charge in [-0.05, 0) is 43.4 Å². The Morgan fingerprint density at radius 2 is 1.86 bits per heavy atom. The molecule has 0 aromatic carbocycles. The zero-order chi connectivity index (χ0) is 15.6. The van der Waals surface area contributed by atoms with Crippen LogP contribution in [0.25, 0.3) is 0 Å². The summed E-state index contributed by atoms with van der Waals surface area (Å²) < 4.78 is 5.46. The Morgan fingerprint density at radius 3 is 2.38 bits per heavy atom. The van der Waals surface area contributed by atoms with E-state index in [-0.39, 0.29) is 12.0 Å². The van der Waals surface area contributed by atoms with Crippen LogP contribution in [-0.2, 0) is 0 Å². The number of hydrogen-bond donors (Lipinski definition) is 1. The van der Waals surface area contributed by atoms with Crippen molar-refractivity contribution in [2.24, 2.45) is 17.1 Å². The van der Waals surface area contributed by atoms with Crippen LogP contribution >= 0.6 is 0 Å². The van der Waals surface area contributed by atoms with Gasteiger partial charge in [0, 0.05) is 12.0 Å². The van der Waals surface area contributed by atoms with Crippen molar-refractivity contribution in [2.45, 2.75) is 84.6 Å². The van der Waals surface area contributed by atoms with E-state index in [9.17, 15) is 0 Å². The summed E-state index contributed by atoms with van der Waals surface area (Å²) in [6.45, 7) is 11.2. The van der Waals surface area contributed by atoms with Gasteiger partial charge < -0.3 is 10.3 Å². The molecule has 4 heteroatoms. The van der Waals surface area contributed by atoms with Crippen molar-refractivity contribution in [2.75, 3.05) is 0 Å². The van der Waals surface area contributed by atoms with E-state index in [0.29, 0.717) is 17.2 Å². The monoisotopic (exact) mass is 293 g/mol. The minimum atomic E-state index is 0.0925. The molecule has 4 nitrogen and oxygen atoms in total. The van der Waals surface area contributed by atoms with Crippen LogP contribution in [0.4, 0.5) is 0 Å². The predicted molar refractivity (Wildman–Crippen MR) is 85.1 cm³/mol. The Labute approximate surface area is 128 Å². The molecule has 0 aliphatic heterocycles. The van der Waals surface area contributed by atoms with E-state index in [1.165, 1.54) is 25.7 Å². The molecule has 0 amide bonds. The van der Waals surface area contributed by atoms with Crippen LogP contribution in [0.5, 0.6) is 0 Å². The van der Waals surface area contributed by atoms with Gasteiger partial charge in [-0.1, -0.05) is 39.8 Å². The first kappa shape index (κ1) is 16.5. The highest BCUT2D eigenvalue weighted by molar-refractivity contribution is 5.02. The molecular weight excluding hydrogens is 262 g/mol. The fourth-order valence-corrected chi connectivity index (χ4v) is 3.35. The number of aromatic nitrogens is 2. The molecule has 1 saturated carbocycles. The maximum atomic E-state index is 6.07. The first-order valence-corrected chi connectivity index (χ1v) is 8.42. The van der Waals surface area contributed by atoms with E-state index in [1.54, 1.807) is 0 Å². The third kappa shape index (κ3) is 3.85. The van der Waals surface area contributed by atoms with Gasteiger partial charge in [0.05, 0.1) is 5.92 Å². The lowest BCUT2D eigenvalue weighted by Crippen LogP contribution is -2.26. The summed E-state index contributed by atoms with van der Waals surface area (Å²) in [5.41, 5.74) is 6.49. The predicted octanol–water partition coefficient (Wildman–Crippen LogP) is 4.23. The highest BCUT2D eigenvalue weighted by Gasteiger charge is 2.32. The molecule has 2 atom stereocenters. The molecule has 1 heterocycles. The number of nitrogens with two attached hydrogens (primary N) is 1. The highest BCUT2D eigenvalue weighted by atomic mass is 16.5. The second-order valence-corrected chi connectivity index (χ2v) is 7.77. The van der Waals surface area contributed by atoms with Gasteiger partial charge in [0.2, 0.25) is 5.89 Å². The van der Waals surface area contributed by atoms with E-state index in [2.05, 4.69) is 44.8 Å². The molecule has 1 aromatic rings. The number of nitrogens with zero attached hydrogens (tertiary/aromatic N) is 2. The minimum Gasteiger partial charge on any atom is -0.339 e. The second kappa shape index (κ2) is 6.47. The van der Waals surface area contributed by atoms with Crippen molar-refractivity contribution in [3.63, 3.8) is 0 Å². The topological polar surface area (TPSA) is 64.9 Å². The largest absolute Gasteiger partial charge is 0.339 e. The molecule has 0 bridgehead atoms. The molecule has 1 aromatic heterocycles. The zero-order valence-electron chi connectivity index (χ0n) is 14.2. The second-order valence-electron chi connectivity index (χ2n) is 7.77. The third-order valence-electron chi connectivity index (χ3n) is 5.28. The average molecular weight is 293 g/mol. The van der Waals surface area contributed by atoms with E-state index >= 15 is 0 Å². The molecule has 0 spiro atoms. The van der Waals surface area contributed by atoms with Crippen LogP contribution in [0.2, 0.25) is 0 Å². The van der Waals surface area contributed by atoms with E-state index in [1.807, 2.05) is 0 Å². The molecule has 2 unspecified atom stereocenters. The number of hydrogen-bond acceptors (Lipinski definition) is 4. The molecule has 21 heavy (non-hydrogen) atoms. The summed E-state index contributed by atoms with van der Waals surface area (Å²) in [6, 6.07) is 0.0925. The van der Waals surface area contributed by atoms with E-state index < -0.39 is 0 Å². The standard InChI is InChI=1S/C17H31N3O/c1-6-14(18)11(2)16-19-15(20-21-16)12-7-9-13(10-8-12)17(3,4)5/h11-14H,6-10,18H2,1-5H3. The lowest BCUT2D eigenvalue weighted by atomic mass is 9.70. The smallest absolute Gasteiger partial charge is 0.231 e. The summed E-state index contributed by atoms with van der Waals surface area (Å²) in [6.07, 6.45) is 5.81. The molecule has 0 saturated heterocycles. The SMILES string of the molecule is CCC(N)C(C)c1nc(C2CCC(C(C)(C)C)CC2)no1. The molecular formula is C17H31N3O. The summed E-state index contributed by atoms with van der Waals surface area (Å²) >= 11 is 0.